The molecule has 0 aromatic carbocycles. The molecule has 0 aromatic rings. The van der Waals surface area contributed by atoms with Crippen molar-refractivity contribution in [2.24, 2.45) is 11.3 Å². The molecule has 0 N–H and O–H groups in total. The van der Waals surface area contributed by atoms with Crippen LogP contribution in [-0.2, 0) is 9.53 Å². The van der Waals surface area contributed by atoms with Gasteiger partial charge in [0, 0.05) is 11.5 Å². The van der Waals surface area contributed by atoms with Gasteiger partial charge in [-0.05, 0) is 38.0 Å². The Kier molecular flexibility index (Phi) is 2.56. The fourth-order valence-corrected chi connectivity index (χ4v) is 2.33. The Labute approximate surface area is 90.7 Å². The Morgan fingerprint density at radius 3 is 3.00 bits per heavy atom. The number of carbonyl (C=O) groups excluding carboxylic acids is 1. The van der Waals surface area contributed by atoms with Gasteiger partial charge in [0.2, 0.25) is 0 Å². The van der Waals surface area contributed by atoms with E-state index < -0.39 is 0 Å². The molecule has 0 saturated heterocycles. The van der Waals surface area contributed by atoms with Crippen molar-refractivity contribution >= 4 is 5.97 Å². The van der Waals surface area contributed by atoms with Crippen molar-refractivity contribution in [3.05, 3.63) is 11.6 Å². The van der Waals surface area contributed by atoms with Crippen LogP contribution in [0.5, 0.6) is 0 Å². The van der Waals surface area contributed by atoms with Gasteiger partial charge < -0.3 is 4.74 Å². The van der Waals surface area contributed by atoms with Gasteiger partial charge in [-0.1, -0.05) is 12.0 Å². The largest absolute Gasteiger partial charge is 0.463 e. The van der Waals surface area contributed by atoms with E-state index in [1.54, 1.807) is 0 Å². The summed E-state index contributed by atoms with van der Waals surface area (Å²) in [5.74, 6) is 2.69. The fraction of sp³-hybridized carbons (Fsp3) is 0.615. The van der Waals surface area contributed by atoms with E-state index in [4.69, 9.17) is 11.2 Å². The highest BCUT2D eigenvalue weighted by Crippen LogP contribution is 2.57. The van der Waals surface area contributed by atoms with Crippen molar-refractivity contribution in [2.75, 3.05) is 6.61 Å². The summed E-state index contributed by atoms with van der Waals surface area (Å²) in [7, 11) is 0. The average Bonchev–Trinajstić information content (AvgIpc) is 2.97. The normalized spacial score (nSPS) is 26.7. The zero-order valence-corrected chi connectivity index (χ0v) is 9.08. The van der Waals surface area contributed by atoms with E-state index in [1.807, 2.05) is 13.0 Å². The lowest BCUT2D eigenvalue weighted by molar-refractivity contribution is -0.139. The van der Waals surface area contributed by atoms with Crippen LogP contribution in [0.4, 0.5) is 0 Å². The third-order valence-corrected chi connectivity index (χ3v) is 3.33. The molecule has 1 saturated carbocycles. The maximum absolute atomic E-state index is 11.6. The van der Waals surface area contributed by atoms with Crippen LogP contribution in [0.2, 0.25) is 0 Å². The minimum absolute atomic E-state index is 0.126. The van der Waals surface area contributed by atoms with E-state index in [1.165, 1.54) is 12.8 Å². The monoisotopic (exact) mass is 204 g/mol. The van der Waals surface area contributed by atoms with Crippen molar-refractivity contribution < 1.29 is 9.53 Å². The first-order valence-corrected chi connectivity index (χ1v) is 5.53. The molecule has 1 fully saturated rings. The third-order valence-electron chi connectivity index (χ3n) is 3.33. The van der Waals surface area contributed by atoms with E-state index in [0.29, 0.717) is 12.0 Å². The van der Waals surface area contributed by atoms with Crippen molar-refractivity contribution in [3.8, 4) is 12.3 Å². The molecule has 0 aromatic heterocycles. The van der Waals surface area contributed by atoms with E-state index in [2.05, 4.69) is 5.92 Å². The minimum Gasteiger partial charge on any atom is -0.463 e. The lowest BCUT2D eigenvalue weighted by atomic mass is 9.80. The molecule has 0 aliphatic heterocycles. The summed E-state index contributed by atoms with van der Waals surface area (Å²) in [4.78, 5) is 11.6. The van der Waals surface area contributed by atoms with E-state index in [0.717, 1.165) is 18.4 Å². The molecule has 2 nitrogen and oxygen atoms in total. The number of esters is 1. The van der Waals surface area contributed by atoms with Gasteiger partial charge in [-0.25, -0.2) is 4.79 Å². The predicted octanol–water partition coefficient (Wildman–Crippen LogP) is 2.30. The van der Waals surface area contributed by atoms with Gasteiger partial charge in [0.25, 0.3) is 0 Å². The molecular weight excluding hydrogens is 188 g/mol. The number of terminal acetylenes is 1. The zero-order chi connectivity index (χ0) is 10.9. The highest BCUT2D eigenvalue weighted by molar-refractivity contribution is 5.89. The first-order valence-electron chi connectivity index (χ1n) is 5.53. The maximum atomic E-state index is 11.6. The topological polar surface area (TPSA) is 26.3 Å². The maximum Gasteiger partial charge on any atom is 0.333 e. The Hall–Kier alpha value is -1.23. The summed E-state index contributed by atoms with van der Waals surface area (Å²) in [6.07, 6.45) is 11.7. The molecule has 0 heterocycles. The second-order valence-corrected chi connectivity index (χ2v) is 4.57. The molecule has 0 bridgehead atoms. The second-order valence-electron chi connectivity index (χ2n) is 4.57. The minimum atomic E-state index is -0.177. The SMILES string of the molecule is C#C[C@@H]1C=C(C(=O)OCC)CC2(CC2)C1. The number of hydrogen-bond acceptors (Lipinski definition) is 2. The molecule has 0 amide bonds. The second kappa shape index (κ2) is 3.73. The summed E-state index contributed by atoms with van der Waals surface area (Å²) >= 11 is 0. The molecule has 2 aliphatic rings. The fourth-order valence-electron chi connectivity index (χ4n) is 2.33. The third kappa shape index (κ3) is 2.07. The molecule has 2 aliphatic carbocycles. The van der Waals surface area contributed by atoms with Gasteiger partial charge in [-0.15, -0.1) is 6.42 Å². The predicted molar refractivity (Wildman–Crippen MR) is 57.9 cm³/mol. The standard InChI is InChI=1S/C13H16O2/c1-3-10-7-11(12(14)15-4-2)9-13(8-10)5-6-13/h1,7,10H,4-6,8-9H2,2H3/t10-/m1/s1. The lowest BCUT2D eigenvalue weighted by Crippen LogP contribution is -2.20. The molecule has 15 heavy (non-hydrogen) atoms. The van der Waals surface area contributed by atoms with Crippen LogP contribution in [0.1, 0.15) is 32.6 Å². The molecular formula is C13H16O2. The zero-order valence-electron chi connectivity index (χ0n) is 9.08. The summed E-state index contributed by atoms with van der Waals surface area (Å²) in [5, 5.41) is 0. The number of ether oxygens (including phenoxy) is 1. The smallest absolute Gasteiger partial charge is 0.333 e. The van der Waals surface area contributed by atoms with Crippen molar-refractivity contribution in [1.82, 2.24) is 0 Å². The Morgan fingerprint density at radius 2 is 2.47 bits per heavy atom. The van der Waals surface area contributed by atoms with Crippen LogP contribution in [0.15, 0.2) is 11.6 Å². The Morgan fingerprint density at radius 1 is 1.73 bits per heavy atom. The van der Waals surface area contributed by atoms with E-state index in [-0.39, 0.29) is 11.9 Å². The first-order chi connectivity index (χ1) is 7.19. The van der Waals surface area contributed by atoms with Gasteiger partial charge >= 0.3 is 5.97 Å². The summed E-state index contributed by atoms with van der Waals surface area (Å²) in [5.41, 5.74) is 1.14. The summed E-state index contributed by atoms with van der Waals surface area (Å²) in [6, 6.07) is 0. The van der Waals surface area contributed by atoms with Crippen molar-refractivity contribution in [1.29, 1.82) is 0 Å². The van der Waals surface area contributed by atoms with Crippen LogP contribution >= 0.6 is 0 Å². The Bertz CT molecular complexity index is 342. The van der Waals surface area contributed by atoms with Gasteiger partial charge in [-0.3, -0.25) is 0 Å². The number of rotatable bonds is 2. The first kappa shape index (κ1) is 10.3. The Balaban J connectivity index is 2.13. The number of allylic oxidation sites excluding steroid dienone is 1. The van der Waals surface area contributed by atoms with Crippen LogP contribution in [-0.4, -0.2) is 12.6 Å². The van der Waals surface area contributed by atoms with Gasteiger partial charge in [0.15, 0.2) is 0 Å². The van der Waals surface area contributed by atoms with Crippen LogP contribution in [0.25, 0.3) is 0 Å². The molecule has 2 heteroatoms. The molecule has 1 atom stereocenters. The van der Waals surface area contributed by atoms with Crippen molar-refractivity contribution in [3.63, 3.8) is 0 Å². The van der Waals surface area contributed by atoms with Gasteiger partial charge in [0.1, 0.15) is 0 Å². The quantitative estimate of drug-likeness (QED) is 0.509. The molecule has 0 radical (unpaired) electrons. The summed E-state index contributed by atoms with van der Waals surface area (Å²) in [6.45, 7) is 2.26. The van der Waals surface area contributed by atoms with Crippen LogP contribution in [0.3, 0.4) is 0 Å². The number of hydrogen-bond donors (Lipinski definition) is 0. The average molecular weight is 204 g/mol. The number of carbonyl (C=O) groups is 1. The van der Waals surface area contributed by atoms with Gasteiger partial charge in [-0.2, -0.15) is 0 Å². The molecule has 80 valence electrons. The van der Waals surface area contributed by atoms with Crippen molar-refractivity contribution in [2.45, 2.75) is 32.6 Å². The lowest BCUT2D eigenvalue weighted by Gasteiger charge is -2.24. The molecule has 2 rings (SSSR count). The summed E-state index contributed by atoms with van der Waals surface area (Å²) < 4.78 is 5.02. The van der Waals surface area contributed by atoms with E-state index in [9.17, 15) is 4.79 Å². The van der Waals surface area contributed by atoms with Crippen LogP contribution in [0, 0.1) is 23.7 Å². The van der Waals surface area contributed by atoms with Crippen LogP contribution < -0.4 is 0 Å². The highest BCUT2D eigenvalue weighted by atomic mass is 16.5. The van der Waals surface area contributed by atoms with Gasteiger partial charge in [0.05, 0.1) is 6.61 Å². The van der Waals surface area contributed by atoms with E-state index >= 15 is 0 Å². The molecule has 1 spiro atoms. The highest BCUT2D eigenvalue weighted by Gasteiger charge is 2.47. The molecule has 0 unspecified atom stereocenters.